The highest BCUT2D eigenvalue weighted by Gasteiger charge is 2.41. The lowest BCUT2D eigenvalue weighted by Gasteiger charge is -2.28. The van der Waals surface area contributed by atoms with Crippen LogP contribution in [0.3, 0.4) is 0 Å². The van der Waals surface area contributed by atoms with E-state index in [0.717, 1.165) is 59.0 Å². The molecule has 0 bridgehead atoms. The Morgan fingerprint density at radius 2 is 1.47 bits per heavy atom. The fraction of sp³-hybridized carbons (Fsp3) is 0.286. The van der Waals surface area contributed by atoms with E-state index < -0.39 is 0 Å². The summed E-state index contributed by atoms with van der Waals surface area (Å²) < 4.78 is 4.44. The molecule has 1 fully saturated rings. The molecule has 2 aromatic carbocycles. The molecule has 2 atom stereocenters. The Balaban J connectivity index is 1.54. The summed E-state index contributed by atoms with van der Waals surface area (Å²) in [6, 6.07) is 16.4. The van der Waals surface area contributed by atoms with Gasteiger partial charge in [0.1, 0.15) is 0 Å². The highest BCUT2D eigenvalue weighted by Crippen LogP contribution is 2.44. The van der Waals surface area contributed by atoms with Crippen molar-refractivity contribution in [1.29, 1.82) is 0 Å². The van der Waals surface area contributed by atoms with E-state index in [1.807, 2.05) is 48.1 Å². The predicted molar refractivity (Wildman–Crippen MR) is 133 cm³/mol. The van der Waals surface area contributed by atoms with Crippen LogP contribution in [0.5, 0.6) is 0 Å². The monoisotopic (exact) mass is 450 g/mol. The van der Waals surface area contributed by atoms with Gasteiger partial charge in [0.05, 0.1) is 11.1 Å². The van der Waals surface area contributed by atoms with Gasteiger partial charge < -0.3 is 14.0 Å². The quantitative estimate of drug-likeness (QED) is 0.476. The van der Waals surface area contributed by atoms with E-state index in [9.17, 15) is 9.59 Å². The van der Waals surface area contributed by atoms with Crippen LogP contribution in [0, 0.1) is 11.8 Å². The Morgan fingerprint density at radius 3 is 2.29 bits per heavy atom. The van der Waals surface area contributed by atoms with Crippen molar-refractivity contribution in [1.82, 2.24) is 19.4 Å². The topological polar surface area (TPSA) is 59.3 Å². The largest absolute Gasteiger partial charge is 0.350 e. The van der Waals surface area contributed by atoms with Gasteiger partial charge >= 0.3 is 0 Å². The average molecular weight is 451 g/mol. The molecule has 0 radical (unpaired) electrons. The number of para-hydroxylation sites is 2. The van der Waals surface area contributed by atoms with Gasteiger partial charge in [-0.3, -0.25) is 14.9 Å². The van der Waals surface area contributed by atoms with Crippen LogP contribution in [0.2, 0.25) is 0 Å². The zero-order valence-corrected chi connectivity index (χ0v) is 19.3. The van der Waals surface area contributed by atoms with E-state index in [2.05, 4.69) is 40.0 Å². The number of hydrogen-bond donors (Lipinski definition) is 1. The number of likely N-dealkylation sites (tertiary alicyclic amines) is 1. The summed E-state index contributed by atoms with van der Waals surface area (Å²) in [7, 11) is 4.17. The summed E-state index contributed by atoms with van der Waals surface area (Å²) in [5.41, 5.74) is 6.15. The molecule has 4 aromatic rings. The lowest BCUT2D eigenvalue weighted by atomic mass is 9.85. The molecule has 170 valence electrons. The molecule has 7 rings (SSSR count). The Labute approximate surface area is 197 Å². The Kier molecular flexibility index (Phi) is 4.04. The molecule has 0 spiro atoms. The SMILES string of the molecule is CN1C[C@H]2Cc3c(C4=C(c5cn(C)c6ccccc56)C(=O)NC4=O)c4ccccc4n3C[C@@H]2C1. The number of nitrogens with zero attached hydrogens (tertiary/aromatic N) is 3. The summed E-state index contributed by atoms with van der Waals surface area (Å²) in [4.78, 5) is 29.1. The third-order valence-corrected chi connectivity index (χ3v) is 8.06. The van der Waals surface area contributed by atoms with Gasteiger partial charge in [-0.1, -0.05) is 36.4 Å². The lowest BCUT2D eigenvalue weighted by Crippen LogP contribution is -2.28. The third-order valence-electron chi connectivity index (χ3n) is 8.06. The summed E-state index contributed by atoms with van der Waals surface area (Å²) in [5, 5.41) is 4.67. The smallest absolute Gasteiger partial charge is 0.259 e. The Bertz CT molecular complexity index is 1570. The first-order chi connectivity index (χ1) is 16.5. The molecular formula is C28H26N4O2. The van der Waals surface area contributed by atoms with Crippen molar-refractivity contribution in [2.75, 3.05) is 20.1 Å². The van der Waals surface area contributed by atoms with Crippen LogP contribution in [-0.4, -0.2) is 46.0 Å². The van der Waals surface area contributed by atoms with E-state index >= 15 is 0 Å². The second kappa shape index (κ2) is 6.93. The van der Waals surface area contributed by atoms with Crippen molar-refractivity contribution in [2.24, 2.45) is 18.9 Å². The molecule has 6 nitrogen and oxygen atoms in total. The summed E-state index contributed by atoms with van der Waals surface area (Å²) >= 11 is 0. The number of aromatic nitrogens is 2. The molecule has 6 heteroatoms. The second-order valence-corrected chi connectivity index (χ2v) is 10.1. The maximum Gasteiger partial charge on any atom is 0.259 e. The number of hydrogen-bond acceptors (Lipinski definition) is 3. The maximum absolute atomic E-state index is 13.4. The van der Waals surface area contributed by atoms with Crippen molar-refractivity contribution in [3.8, 4) is 0 Å². The standard InChI is InChI=1S/C28H26N4O2/c1-30-12-16-11-23-24(19-8-4-6-10-22(19)32(23)14-17(16)13-30)26-25(27(33)29-28(26)34)20-15-31(2)21-9-5-3-7-18(20)21/h3-10,15-17H,11-14H2,1-2H3,(H,29,33,34)/t16-,17+/m1/s1. The minimum atomic E-state index is -0.310. The number of fused-ring (bicyclic) bond motifs is 5. The highest BCUT2D eigenvalue weighted by atomic mass is 16.2. The van der Waals surface area contributed by atoms with Crippen LogP contribution in [0.1, 0.15) is 16.8 Å². The van der Waals surface area contributed by atoms with Gasteiger partial charge in [0, 0.05) is 71.5 Å². The number of amides is 2. The molecule has 2 amide bonds. The molecular weight excluding hydrogens is 424 g/mol. The third kappa shape index (κ3) is 2.60. The van der Waals surface area contributed by atoms with Crippen molar-refractivity contribution in [3.63, 3.8) is 0 Å². The summed E-state index contributed by atoms with van der Waals surface area (Å²) in [6.07, 6.45) is 2.90. The van der Waals surface area contributed by atoms with Gasteiger partial charge in [0.25, 0.3) is 11.8 Å². The van der Waals surface area contributed by atoms with Gasteiger partial charge in [-0.15, -0.1) is 0 Å². The van der Waals surface area contributed by atoms with Gasteiger partial charge in [-0.05, 0) is 37.4 Å². The predicted octanol–water partition coefficient (Wildman–Crippen LogP) is 3.43. The zero-order chi connectivity index (χ0) is 23.1. The minimum absolute atomic E-state index is 0.294. The maximum atomic E-state index is 13.4. The van der Waals surface area contributed by atoms with Gasteiger partial charge in [0.15, 0.2) is 0 Å². The van der Waals surface area contributed by atoms with Crippen molar-refractivity contribution < 1.29 is 9.59 Å². The second-order valence-electron chi connectivity index (χ2n) is 10.1. The fourth-order valence-electron chi connectivity index (χ4n) is 6.64. The number of benzene rings is 2. The molecule has 3 aliphatic heterocycles. The van der Waals surface area contributed by atoms with Crippen LogP contribution in [0.25, 0.3) is 33.0 Å². The van der Waals surface area contributed by atoms with E-state index in [0.29, 0.717) is 23.0 Å². The molecule has 0 aliphatic carbocycles. The average Bonchev–Trinajstić information content (AvgIpc) is 3.53. The molecule has 5 heterocycles. The van der Waals surface area contributed by atoms with E-state index in [1.165, 1.54) is 5.69 Å². The van der Waals surface area contributed by atoms with Crippen molar-refractivity contribution in [3.05, 3.63) is 71.5 Å². The van der Waals surface area contributed by atoms with Gasteiger partial charge in [-0.2, -0.15) is 0 Å². The number of carbonyl (C=O) groups is 2. The molecule has 34 heavy (non-hydrogen) atoms. The van der Waals surface area contributed by atoms with Crippen molar-refractivity contribution in [2.45, 2.75) is 13.0 Å². The molecule has 2 aromatic heterocycles. The molecule has 1 saturated heterocycles. The van der Waals surface area contributed by atoms with E-state index in [1.54, 1.807) is 0 Å². The first-order valence-electron chi connectivity index (χ1n) is 11.9. The van der Waals surface area contributed by atoms with E-state index in [-0.39, 0.29) is 11.8 Å². The number of carbonyl (C=O) groups excluding carboxylic acids is 2. The van der Waals surface area contributed by atoms with Crippen molar-refractivity contribution >= 4 is 44.8 Å². The van der Waals surface area contributed by atoms with Crippen LogP contribution < -0.4 is 5.32 Å². The number of aryl methyl sites for hydroxylation is 1. The Morgan fingerprint density at radius 1 is 0.794 bits per heavy atom. The van der Waals surface area contributed by atoms with Gasteiger partial charge in [-0.25, -0.2) is 0 Å². The van der Waals surface area contributed by atoms with Crippen LogP contribution in [-0.2, 0) is 29.6 Å². The molecule has 1 N–H and O–H groups in total. The normalized spacial score (nSPS) is 22.6. The minimum Gasteiger partial charge on any atom is -0.350 e. The summed E-state index contributed by atoms with van der Waals surface area (Å²) in [5.74, 6) is 0.585. The zero-order valence-electron chi connectivity index (χ0n) is 19.3. The van der Waals surface area contributed by atoms with Crippen LogP contribution >= 0.6 is 0 Å². The number of imide groups is 1. The van der Waals surface area contributed by atoms with Crippen LogP contribution in [0.4, 0.5) is 0 Å². The first-order valence-corrected chi connectivity index (χ1v) is 11.9. The molecule has 3 aliphatic rings. The van der Waals surface area contributed by atoms with E-state index in [4.69, 9.17) is 0 Å². The number of nitrogens with one attached hydrogen (secondary N) is 1. The first kappa shape index (κ1) is 19.8. The lowest BCUT2D eigenvalue weighted by molar-refractivity contribution is -0.122. The Hall–Kier alpha value is -3.64. The van der Waals surface area contributed by atoms with Crippen LogP contribution in [0.15, 0.2) is 54.7 Å². The molecule has 0 unspecified atom stereocenters. The highest BCUT2D eigenvalue weighted by molar-refractivity contribution is 6.51. The molecule has 0 saturated carbocycles. The summed E-state index contributed by atoms with van der Waals surface area (Å²) in [6.45, 7) is 3.14. The fourth-order valence-corrected chi connectivity index (χ4v) is 6.64. The van der Waals surface area contributed by atoms with Gasteiger partial charge in [0.2, 0.25) is 0 Å². The number of rotatable bonds is 2.